The van der Waals surface area contributed by atoms with Crippen molar-refractivity contribution in [2.24, 2.45) is 0 Å². The summed E-state index contributed by atoms with van der Waals surface area (Å²) in [4.78, 5) is 1.02. The summed E-state index contributed by atoms with van der Waals surface area (Å²) in [7, 11) is -0.929. The van der Waals surface area contributed by atoms with Crippen molar-refractivity contribution in [3.05, 3.63) is 33.8 Å². The van der Waals surface area contributed by atoms with Crippen molar-refractivity contribution in [3.8, 4) is 5.75 Å². The van der Waals surface area contributed by atoms with Gasteiger partial charge in [0.2, 0.25) is 0 Å². The summed E-state index contributed by atoms with van der Waals surface area (Å²) in [6.45, 7) is 4.86. The zero-order valence-electron chi connectivity index (χ0n) is 12.1. The van der Waals surface area contributed by atoms with E-state index >= 15 is 0 Å². The molecule has 0 amide bonds. The Hall–Kier alpha value is -0.610. The lowest BCUT2D eigenvalue weighted by Crippen LogP contribution is -2.15. The van der Waals surface area contributed by atoms with Gasteiger partial charge in [0.05, 0.1) is 15.7 Å². The average molecular weight is 357 g/mol. The van der Waals surface area contributed by atoms with Gasteiger partial charge in [-0.2, -0.15) is 0 Å². The number of ether oxygens (including phenoxy) is 1. The standard InChI is InChI=1S/C16H21BrO2S/c1-3-5-9-20(18)16-12(6-4-2)11-19-15-8-7-13(17)10-14(15)16/h7-8,10H,3-6,9,11H2,1-2H3. The summed E-state index contributed by atoms with van der Waals surface area (Å²) < 4.78 is 19.5. The third kappa shape index (κ3) is 3.53. The van der Waals surface area contributed by atoms with E-state index < -0.39 is 10.8 Å². The van der Waals surface area contributed by atoms with E-state index in [1.165, 1.54) is 5.57 Å². The zero-order chi connectivity index (χ0) is 14.5. The molecule has 0 saturated carbocycles. The Labute approximate surface area is 132 Å². The van der Waals surface area contributed by atoms with Gasteiger partial charge in [-0.25, -0.2) is 0 Å². The number of hydrogen-bond donors (Lipinski definition) is 0. The Morgan fingerprint density at radius 1 is 1.30 bits per heavy atom. The normalized spacial score (nSPS) is 15.8. The Bertz CT molecular complexity index is 537. The van der Waals surface area contributed by atoms with Crippen LogP contribution in [0.3, 0.4) is 0 Å². The van der Waals surface area contributed by atoms with Crippen molar-refractivity contribution in [1.29, 1.82) is 0 Å². The molecule has 1 aliphatic heterocycles. The van der Waals surface area contributed by atoms with Crippen LogP contribution in [0, 0.1) is 0 Å². The van der Waals surface area contributed by atoms with Crippen molar-refractivity contribution < 1.29 is 8.95 Å². The molecule has 0 spiro atoms. The van der Waals surface area contributed by atoms with Crippen LogP contribution in [0.5, 0.6) is 5.75 Å². The highest BCUT2D eigenvalue weighted by Crippen LogP contribution is 2.38. The molecule has 0 radical (unpaired) electrons. The lowest BCUT2D eigenvalue weighted by Gasteiger charge is -2.24. The maximum atomic E-state index is 12.7. The van der Waals surface area contributed by atoms with Crippen LogP contribution < -0.4 is 4.74 Å². The van der Waals surface area contributed by atoms with Crippen LogP contribution >= 0.6 is 15.9 Å². The molecule has 1 aromatic rings. The third-order valence-electron chi connectivity index (χ3n) is 3.37. The summed E-state index contributed by atoms with van der Waals surface area (Å²) in [5, 5.41) is 0. The molecule has 2 rings (SSSR count). The van der Waals surface area contributed by atoms with Crippen molar-refractivity contribution in [1.82, 2.24) is 0 Å². The molecule has 110 valence electrons. The quantitative estimate of drug-likeness (QED) is 0.724. The fraction of sp³-hybridized carbons (Fsp3) is 0.500. The van der Waals surface area contributed by atoms with Crippen molar-refractivity contribution in [2.45, 2.75) is 39.5 Å². The van der Waals surface area contributed by atoms with Crippen LogP contribution in [-0.2, 0) is 10.8 Å². The van der Waals surface area contributed by atoms with Crippen molar-refractivity contribution in [2.75, 3.05) is 12.4 Å². The van der Waals surface area contributed by atoms with E-state index in [-0.39, 0.29) is 0 Å². The van der Waals surface area contributed by atoms with Gasteiger partial charge in [0.1, 0.15) is 12.4 Å². The molecule has 0 aliphatic carbocycles. The van der Waals surface area contributed by atoms with Gasteiger partial charge in [0, 0.05) is 15.8 Å². The van der Waals surface area contributed by atoms with E-state index in [9.17, 15) is 4.21 Å². The van der Waals surface area contributed by atoms with Gasteiger partial charge in [0.25, 0.3) is 0 Å². The number of rotatable bonds is 6. The highest BCUT2D eigenvalue weighted by molar-refractivity contribution is 9.10. The first-order valence-corrected chi connectivity index (χ1v) is 9.31. The highest BCUT2D eigenvalue weighted by Gasteiger charge is 2.24. The summed E-state index contributed by atoms with van der Waals surface area (Å²) in [6, 6.07) is 5.96. The molecule has 4 heteroatoms. The Kier molecular flexibility index (Phi) is 5.85. The topological polar surface area (TPSA) is 26.3 Å². The Morgan fingerprint density at radius 3 is 2.80 bits per heavy atom. The van der Waals surface area contributed by atoms with Crippen LogP contribution in [0.15, 0.2) is 28.2 Å². The molecule has 1 unspecified atom stereocenters. The van der Waals surface area contributed by atoms with Crippen LogP contribution in [0.4, 0.5) is 0 Å². The number of fused-ring (bicyclic) bond motifs is 1. The lowest BCUT2D eigenvalue weighted by atomic mass is 10.0. The molecule has 20 heavy (non-hydrogen) atoms. The number of halogens is 1. The lowest BCUT2D eigenvalue weighted by molar-refractivity contribution is 0.341. The predicted octanol–water partition coefficient (Wildman–Crippen LogP) is 4.90. The zero-order valence-corrected chi connectivity index (χ0v) is 14.5. The van der Waals surface area contributed by atoms with Gasteiger partial charge in [-0.3, -0.25) is 4.21 Å². The average Bonchev–Trinajstić information content (AvgIpc) is 2.44. The molecular weight excluding hydrogens is 336 g/mol. The molecule has 0 bridgehead atoms. The van der Waals surface area contributed by atoms with Crippen molar-refractivity contribution >= 4 is 31.6 Å². The highest BCUT2D eigenvalue weighted by atomic mass is 79.9. The van der Waals surface area contributed by atoms with Crippen molar-refractivity contribution in [3.63, 3.8) is 0 Å². The van der Waals surface area contributed by atoms with Crippen LogP contribution in [0.25, 0.3) is 4.91 Å². The number of hydrogen-bond acceptors (Lipinski definition) is 2. The second kappa shape index (κ2) is 7.41. The molecule has 1 aromatic carbocycles. The monoisotopic (exact) mass is 356 g/mol. The predicted molar refractivity (Wildman–Crippen MR) is 89.4 cm³/mol. The second-order valence-electron chi connectivity index (χ2n) is 5.02. The maximum Gasteiger partial charge on any atom is 0.128 e. The van der Waals surface area contributed by atoms with Gasteiger partial charge in [-0.1, -0.05) is 42.6 Å². The molecule has 0 saturated heterocycles. The summed E-state index contributed by atoms with van der Waals surface area (Å²) in [5.41, 5.74) is 2.20. The minimum Gasteiger partial charge on any atom is -0.489 e. The molecule has 0 fully saturated rings. The third-order valence-corrected chi connectivity index (χ3v) is 5.49. The number of benzene rings is 1. The molecule has 1 atom stereocenters. The minimum absolute atomic E-state index is 0.579. The number of unbranched alkanes of at least 4 members (excludes halogenated alkanes) is 1. The van der Waals surface area contributed by atoms with Crippen LogP contribution in [-0.4, -0.2) is 16.6 Å². The van der Waals surface area contributed by atoms with E-state index in [0.717, 1.165) is 52.1 Å². The van der Waals surface area contributed by atoms with Gasteiger partial charge in [-0.15, -0.1) is 0 Å². The molecule has 0 N–H and O–H groups in total. The van der Waals surface area contributed by atoms with Crippen LogP contribution in [0.1, 0.15) is 45.1 Å². The smallest absolute Gasteiger partial charge is 0.128 e. The molecule has 1 aliphatic rings. The van der Waals surface area contributed by atoms with Crippen LogP contribution in [0.2, 0.25) is 0 Å². The fourth-order valence-corrected chi connectivity index (χ4v) is 4.38. The molecular formula is C16H21BrO2S. The molecule has 2 nitrogen and oxygen atoms in total. The van der Waals surface area contributed by atoms with E-state index in [0.29, 0.717) is 6.61 Å². The Balaban J connectivity index is 2.43. The summed E-state index contributed by atoms with van der Waals surface area (Å²) in [6.07, 6.45) is 4.08. The largest absolute Gasteiger partial charge is 0.489 e. The summed E-state index contributed by atoms with van der Waals surface area (Å²) >= 11 is 3.50. The van der Waals surface area contributed by atoms with Gasteiger partial charge in [0.15, 0.2) is 0 Å². The van der Waals surface area contributed by atoms with Gasteiger partial charge >= 0.3 is 0 Å². The van der Waals surface area contributed by atoms with E-state index in [4.69, 9.17) is 4.74 Å². The summed E-state index contributed by atoms with van der Waals surface area (Å²) in [5.74, 6) is 1.60. The Morgan fingerprint density at radius 2 is 2.10 bits per heavy atom. The first-order chi connectivity index (χ1) is 9.67. The van der Waals surface area contributed by atoms with E-state index in [2.05, 4.69) is 29.8 Å². The first kappa shape index (κ1) is 15.8. The second-order valence-corrected chi connectivity index (χ2v) is 7.44. The van der Waals surface area contributed by atoms with Gasteiger partial charge < -0.3 is 4.74 Å². The fourth-order valence-electron chi connectivity index (χ4n) is 2.37. The maximum absolute atomic E-state index is 12.7. The minimum atomic E-state index is -0.929. The SMILES string of the molecule is CCCCS(=O)C1=C(CCC)COc2ccc(Br)cc21. The molecule has 1 heterocycles. The van der Waals surface area contributed by atoms with E-state index in [1.54, 1.807) is 0 Å². The first-order valence-electron chi connectivity index (χ1n) is 7.20. The van der Waals surface area contributed by atoms with Gasteiger partial charge in [-0.05, 0) is 36.6 Å². The molecule has 0 aromatic heterocycles. The van der Waals surface area contributed by atoms with E-state index in [1.807, 2.05) is 18.2 Å².